The molecule has 3 aliphatic rings. The molecule has 1 amide bonds. The Labute approximate surface area is 128 Å². The third-order valence-electron chi connectivity index (χ3n) is 5.77. The molecule has 1 aliphatic carbocycles. The summed E-state index contributed by atoms with van der Waals surface area (Å²) in [5.41, 5.74) is -0.0383. The van der Waals surface area contributed by atoms with Crippen LogP contribution in [0.3, 0.4) is 0 Å². The Morgan fingerprint density at radius 3 is 2.29 bits per heavy atom. The molecule has 1 spiro atoms. The Bertz CT molecular complexity index is 435. The van der Waals surface area contributed by atoms with Crippen molar-refractivity contribution in [1.29, 1.82) is 0 Å². The van der Waals surface area contributed by atoms with Gasteiger partial charge in [-0.3, -0.25) is 9.79 Å². The van der Waals surface area contributed by atoms with Crippen molar-refractivity contribution in [2.45, 2.75) is 64.8 Å². The molecule has 2 aliphatic heterocycles. The van der Waals surface area contributed by atoms with Gasteiger partial charge in [-0.25, -0.2) is 0 Å². The van der Waals surface area contributed by atoms with E-state index >= 15 is 0 Å². The number of aliphatic imine (C=N–C) groups is 1. The maximum Gasteiger partial charge on any atom is 0.253 e. The Hall–Kier alpha value is -0.900. The number of piperidine rings is 1. The van der Waals surface area contributed by atoms with E-state index in [-0.39, 0.29) is 5.91 Å². The summed E-state index contributed by atoms with van der Waals surface area (Å²) < 4.78 is 0. The minimum atomic E-state index is -0.443. The first-order valence-electron chi connectivity index (χ1n) is 8.53. The minimum absolute atomic E-state index is 0.150. The van der Waals surface area contributed by atoms with Gasteiger partial charge in [-0.2, -0.15) is 0 Å². The number of nitrogens with zero attached hydrogens (tertiary/aromatic N) is 1. The van der Waals surface area contributed by atoms with Crippen LogP contribution < -0.4 is 10.6 Å². The Kier molecular flexibility index (Phi) is 3.85. The number of carbonyl (C=O) groups is 1. The van der Waals surface area contributed by atoms with E-state index in [1.165, 1.54) is 25.7 Å². The predicted molar refractivity (Wildman–Crippen MR) is 85.3 cm³/mol. The molecule has 2 heterocycles. The average Bonchev–Trinajstić information content (AvgIpc) is 2.76. The number of rotatable bonds is 1. The molecule has 0 unspecified atom stereocenters. The highest BCUT2D eigenvalue weighted by Gasteiger charge is 2.46. The number of nitrogens with one attached hydrogen (secondary N) is 2. The smallest absolute Gasteiger partial charge is 0.253 e. The van der Waals surface area contributed by atoms with Crippen LogP contribution in [0.5, 0.6) is 0 Å². The minimum Gasteiger partial charge on any atom is -0.317 e. The SMILES string of the molecule is CC(C)(C)[C@H]1CC[C@H](C2=NC3(CCNCC3)C(=O)N2)CC1. The highest BCUT2D eigenvalue weighted by molar-refractivity contribution is 6.09. The monoisotopic (exact) mass is 291 g/mol. The molecule has 2 N–H and O–H groups in total. The normalized spacial score (nSPS) is 32.9. The van der Waals surface area contributed by atoms with E-state index in [2.05, 4.69) is 31.4 Å². The van der Waals surface area contributed by atoms with Gasteiger partial charge in [0.2, 0.25) is 0 Å². The molecule has 1 saturated carbocycles. The standard InChI is InChI=1S/C17H29N3O/c1-16(2,3)13-6-4-12(5-7-13)14-19-15(21)17(20-14)8-10-18-11-9-17/h12-13,18H,4-11H2,1-3H3,(H,19,20,21)/t12-,13-. The van der Waals surface area contributed by atoms with Crippen molar-refractivity contribution < 1.29 is 4.79 Å². The van der Waals surface area contributed by atoms with Crippen LogP contribution in [-0.4, -0.2) is 30.4 Å². The summed E-state index contributed by atoms with van der Waals surface area (Å²) in [7, 11) is 0. The van der Waals surface area contributed by atoms with Gasteiger partial charge in [0.15, 0.2) is 0 Å². The molecule has 118 valence electrons. The fourth-order valence-corrected chi connectivity index (χ4v) is 4.15. The van der Waals surface area contributed by atoms with Crippen LogP contribution in [0.1, 0.15) is 59.3 Å². The number of hydrogen-bond acceptors (Lipinski definition) is 3. The van der Waals surface area contributed by atoms with Gasteiger partial charge in [0, 0.05) is 5.92 Å². The second kappa shape index (κ2) is 5.38. The lowest BCUT2D eigenvalue weighted by Gasteiger charge is -2.36. The molecule has 0 aromatic heterocycles. The number of amides is 1. The predicted octanol–water partition coefficient (Wildman–Crippen LogP) is 2.49. The van der Waals surface area contributed by atoms with Crippen LogP contribution in [0.15, 0.2) is 4.99 Å². The zero-order valence-corrected chi connectivity index (χ0v) is 13.7. The maximum absolute atomic E-state index is 12.4. The molecule has 0 bridgehead atoms. The summed E-state index contributed by atoms with van der Waals surface area (Å²) in [4.78, 5) is 17.3. The van der Waals surface area contributed by atoms with Gasteiger partial charge >= 0.3 is 0 Å². The zero-order chi connectivity index (χ0) is 15.1. The van der Waals surface area contributed by atoms with Crippen molar-refractivity contribution in [3.05, 3.63) is 0 Å². The van der Waals surface area contributed by atoms with Crippen molar-refractivity contribution in [2.24, 2.45) is 22.2 Å². The van der Waals surface area contributed by atoms with Crippen LogP contribution in [0.4, 0.5) is 0 Å². The largest absolute Gasteiger partial charge is 0.317 e. The summed E-state index contributed by atoms with van der Waals surface area (Å²) in [6.45, 7) is 8.84. The van der Waals surface area contributed by atoms with E-state index < -0.39 is 5.54 Å². The Morgan fingerprint density at radius 2 is 1.71 bits per heavy atom. The first-order valence-corrected chi connectivity index (χ1v) is 8.53. The zero-order valence-electron chi connectivity index (χ0n) is 13.7. The van der Waals surface area contributed by atoms with Gasteiger partial charge in [0.1, 0.15) is 11.4 Å². The van der Waals surface area contributed by atoms with E-state index in [1.54, 1.807) is 0 Å². The van der Waals surface area contributed by atoms with Crippen molar-refractivity contribution in [1.82, 2.24) is 10.6 Å². The summed E-state index contributed by atoms with van der Waals surface area (Å²) in [6.07, 6.45) is 6.57. The molecule has 4 nitrogen and oxygen atoms in total. The fraction of sp³-hybridized carbons (Fsp3) is 0.882. The van der Waals surface area contributed by atoms with Crippen molar-refractivity contribution in [3.63, 3.8) is 0 Å². The van der Waals surface area contributed by atoms with Crippen LogP contribution in [-0.2, 0) is 4.79 Å². The van der Waals surface area contributed by atoms with Crippen molar-refractivity contribution in [2.75, 3.05) is 13.1 Å². The molecule has 0 atom stereocenters. The van der Waals surface area contributed by atoms with Crippen LogP contribution in [0, 0.1) is 17.3 Å². The van der Waals surface area contributed by atoms with E-state index in [0.717, 1.165) is 37.7 Å². The van der Waals surface area contributed by atoms with E-state index in [0.29, 0.717) is 11.3 Å². The third kappa shape index (κ3) is 2.87. The molecule has 1 saturated heterocycles. The van der Waals surface area contributed by atoms with Crippen molar-refractivity contribution >= 4 is 11.7 Å². The quantitative estimate of drug-likeness (QED) is 0.780. The second-order valence-corrected chi connectivity index (χ2v) is 8.15. The molecule has 0 aromatic rings. The molecule has 3 rings (SSSR count). The van der Waals surface area contributed by atoms with Gasteiger partial charge in [0.05, 0.1) is 0 Å². The molecule has 2 fully saturated rings. The summed E-state index contributed by atoms with van der Waals surface area (Å²) in [5, 5.41) is 6.44. The van der Waals surface area contributed by atoms with Gasteiger partial charge in [-0.1, -0.05) is 20.8 Å². The van der Waals surface area contributed by atoms with Gasteiger partial charge in [0.25, 0.3) is 5.91 Å². The number of carbonyl (C=O) groups excluding carboxylic acids is 1. The highest BCUT2D eigenvalue weighted by Crippen LogP contribution is 2.41. The average molecular weight is 291 g/mol. The third-order valence-corrected chi connectivity index (χ3v) is 5.77. The molecular formula is C17H29N3O. The number of hydrogen-bond donors (Lipinski definition) is 2. The highest BCUT2D eigenvalue weighted by atomic mass is 16.2. The molecular weight excluding hydrogens is 262 g/mol. The topological polar surface area (TPSA) is 53.5 Å². The fourth-order valence-electron chi connectivity index (χ4n) is 4.15. The molecule has 21 heavy (non-hydrogen) atoms. The molecule has 0 radical (unpaired) electrons. The first kappa shape index (κ1) is 15.0. The van der Waals surface area contributed by atoms with Gasteiger partial charge in [-0.15, -0.1) is 0 Å². The lowest BCUT2D eigenvalue weighted by Crippen LogP contribution is -2.47. The summed E-state index contributed by atoms with van der Waals surface area (Å²) >= 11 is 0. The van der Waals surface area contributed by atoms with Gasteiger partial charge in [-0.05, 0) is 62.9 Å². The summed E-state index contributed by atoms with van der Waals surface area (Å²) in [6, 6.07) is 0. The van der Waals surface area contributed by atoms with Gasteiger partial charge < -0.3 is 10.6 Å². The molecule has 0 aromatic carbocycles. The van der Waals surface area contributed by atoms with E-state index in [9.17, 15) is 4.79 Å². The first-order chi connectivity index (χ1) is 9.91. The van der Waals surface area contributed by atoms with Crippen LogP contribution >= 0.6 is 0 Å². The summed E-state index contributed by atoms with van der Waals surface area (Å²) in [5.74, 6) is 2.42. The van der Waals surface area contributed by atoms with Crippen molar-refractivity contribution in [3.8, 4) is 0 Å². The maximum atomic E-state index is 12.4. The Morgan fingerprint density at radius 1 is 1.10 bits per heavy atom. The second-order valence-electron chi connectivity index (χ2n) is 8.15. The van der Waals surface area contributed by atoms with E-state index in [4.69, 9.17) is 4.99 Å². The van der Waals surface area contributed by atoms with Crippen LogP contribution in [0.25, 0.3) is 0 Å². The lowest BCUT2D eigenvalue weighted by atomic mass is 9.69. The molecule has 4 heteroatoms. The Balaban J connectivity index is 1.66. The number of amidine groups is 1. The lowest BCUT2D eigenvalue weighted by molar-refractivity contribution is -0.124. The van der Waals surface area contributed by atoms with Crippen LogP contribution in [0.2, 0.25) is 0 Å². The van der Waals surface area contributed by atoms with E-state index in [1.807, 2.05) is 0 Å².